The van der Waals surface area contributed by atoms with E-state index in [2.05, 4.69) is 15.9 Å². The molecular weight excluding hydrogens is 302 g/mol. The van der Waals surface area contributed by atoms with E-state index >= 15 is 0 Å². The molecule has 0 fully saturated rings. The highest BCUT2D eigenvalue weighted by molar-refractivity contribution is 9.10. The number of carbonyl (C=O) groups is 1. The minimum Gasteiger partial charge on any atom is -0.289 e. The van der Waals surface area contributed by atoms with Gasteiger partial charge in [0.2, 0.25) is 0 Å². The number of ketones is 1. The Hall–Kier alpha value is -1.55. The van der Waals surface area contributed by atoms with Gasteiger partial charge in [0.1, 0.15) is 0 Å². The predicted octanol–water partition coefficient (Wildman–Crippen LogP) is 4.27. The van der Waals surface area contributed by atoms with Gasteiger partial charge in [-0.2, -0.15) is 0 Å². The van der Waals surface area contributed by atoms with Crippen LogP contribution in [0.15, 0.2) is 40.9 Å². The molecule has 18 heavy (non-hydrogen) atoms. The topological polar surface area (TPSA) is 17.1 Å². The molecule has 0 aliphatic heterocycles. The first-order chi connectivity index (χ1) is 8.49. The molecule has 0 spiro atoms. The first-order valence-corrected chi connectivity index (χ1v) is 6.04. The van der Waals surface area contributed by atoms with Crippen LogP contribution in [0.1, 0.15) is 21.5 Å². The average molecular weight is 311 g/mol. The molecule has 0 N–H and O–H groups in total. The van der Waals surface area contributed by atoms with E-state index in [0.717, 1.165) is 22.2 Å². The van der Waals surface area contributed by atoms with Crippen molar-refractivity contribution in [3.63, 3.8) is 0 Å². The van der Waals surface area contributed by atoms with Crippen molar-refractivity contribution in [1.82, 2.24) is 0 Å². The lowest BCUT2D eigenvalue weighted by Gasteiger charge is -2.06. The molecule has 0 heterocycles. The van der Waals surface area contributed by atoms with Crippen LogP contribution >= 0.6 is 15.9 Å². The molecule has 0 atom stereocenters. The normalized spacial score (nSPS) is 10.4. The van der Waals surface area contributed by atoms with E-state index in [0.29, 0.717) is 5.56 Å². The summed E-state index contributed by atoms with van der Waals surface area (Å²) < 4.78 is 26.7. The Kier molecular flexibility index (Phi) is 3.57. The minimum atomic E-state index is -1.02. The smallest absolute Gasteiger partial charge is 0.193 e. The number of hydrogen-bond donors (Lipinski definition) is 0. The second-order valence-corrected chi connectivity index (χ2v) is 4.83. The minimum absolute atomic E-state index is 0.134. The number of carbonyl (C=O) groups excluding carboxylic acids is 1. The fraction of sp³-hybridized carbons (Fsp3) is 0.0714. The standard InChI is InChI=1S/C14H9BrF2O/c1-8-2-4-10(15)7-11(8)14(18)9-3-5-12(16)13(17)6-9/h2-7H,1H3. The summed E-state index contributed by atoms with van der Waals surface area (Å²) in [7, 11) is 0. The Morgan fingerprint density at radius 2 is 1.78 bits per heavy atom. The van der Waals surface area contributed by atoms with Crippen LogP contribution in [0.2, 0.25) is 0 Å². The molecule has 92 valence electrons. The second-order valence-electron chi connectivity index (χ2n) is 3.92. The molecule has 1 nitrogen and oxygen atoms in total. The third kappa shape index (κ3) is 2.48. The molecule has 4 heteroatoms. The second kappa shape index (κ2) is 4.98. The molecule has 0 unspecified atom stereocenters. The molecule has 0 aromatic heterocycles. The van der Waals surface area contributed by atoms with Crippen molar-refractivity contribution in [2.75, 3.05) is 0 Å². The predicted molar refractivity (Wildman–Crippen MR) is 68.7 cm³/mol. The van der Waals surface area contributed by atoms with Gasteiger partial charge in [-0.15, -0.1) is 0 Å². The van der Waals surface area contributed by atoms with Crippen molar-refractivity contribution in [3.8, 4) is 0 Å². The van der Waals surface area contributed by atoms with Crippen molar-refractivity contribution in [1.29, 1.82) is 0 Å². The molecule has 0 aliphatic rings. The molecular formula is C14H9BrF2O. The lowest BCUT2D eigenvalue weighted by atomic mass is 9.99. The monoisotopic (exact) mass is 310 g/mol. The fourth-order valence-corrected chi connectivity index (χ4v) is 1.99. The van der Waals surface area contributed by atoms with Crippen LogP contribution in [0, 0.1) is 18.6 Å². The molecule has 0 amide bonds. The lowest BCUT2D eigenvalue weighted by molar-refractivity contribution is 0.103. The maximum Gasteiger partial charge on any atom is 0.193 e. The van der Waals surface area contributed by atoms with Gasteiger partial charge in [-0.3, -0.25) is 4.79 Å². The zero-order valence-electron chi connectivity index (χ0n) is 9.51. The number of halogens is 3. The van der Waals surface area contributed by atoms with Gasteiger partial charge in [-0.25, -0.2) is 8.78 Å². The number of benzene rings is 2. The highest BCUT2D eigenvalue weighted by Gasteiger charge is 2.14. The Labute approximate surface area is 112 Å². The molecule has 0 radical (unpaired) electrons. The van der Waals surface area contributed by atoms with Gasteiger partial charge in [0.05, 0.1) is 0 Å². The van der Waals surface area contributed by atoms with E-state index in [1.54, 1.807) is 19.1 Å². The summed E-state index contributed by atoms with van der Waals surface area (Å²) in [5.74, 6) is -2.31. The van der Waals surface area contributed by atoms with Gasteiger partial charge < -0.3 is 0 Å². The van der Waals surface area contributed by atoms with E-state index in [4.69, 9.17) is 0 Å². The van der Waals surface area contributed by atoms with E-state index in [1.165, 1.54) is 6.07 Å². The van der Waals surface area contributed by atoms with Crippen LogP contribution < -0.4 is 0 Å². The molecule has 0 saturated heterocycles. The Bertz CT molecular complexity index is 623. The Morgan fingerprint density at radius 3 is 2.44 bits per heavy atom. The van der Waals surface area contributed by atoms with Gasteiger partial charge in [0, 0.05) is 15.6 Å². The summed E-state index contributed by atoms with van der Waals surface area (Å²) in [6, 6.07) is 8.42. The third-order valence-corrected chi connectivity index (χ3v) is 3.12. The van der Waals surface area contributed by atoms with Crippen LogP contribution in [-0.4, -0.2) is 5.78 Å². The van der Waals surface area contributed by atoms with Gasteiger partial charge >= 0.3 is 0 Å². The highest BCUT2D eigenvalue weighted by Crippen LogP contribution is 2.20. The SMILES string of the molecule is Cc1ccc(Br)cc1C(=O)c1ccc(F)c(F)c1. The molecule has 2 aromatic carbocycles. The van der Waals surface area contributed by atoms with Gasteiger partial charge in [0.25, 0.3) is 0 Å². The molecule has 0 aliphatic carbocycles. The molecule has 2 rings (SSSR count). The van der Waals surface area contributed by atoms with Crippen LogP contribution in [0.5, 0.6) is 0 Å². The fourth-order valence-electron chi connectivity index (χ4n) is 1.63. The first-order valence-electron chi connectivity index (χ1n) is 5.25. The molecule has 0 bridgehead atoms. The summed E-state index contributed by atoms with van der Waals surface area (Å²) >= 11 is 3.28. The zero-order valence-corrected chi connectivity index (χ0v) is 11.1. The largest absolute Gasteiger partial charge is 0.289 e. The van der Waals surface area contributed by atoms with Crippen LogP contribution in [-0.2, 0) is 0 Å². The zero-order chi connectivity index (χ0) is 13.3. The maximum absolute atomic E-state index is 13.1. The first kappa shape index (κ1) is 12.9. The Balaban J connectivity index is 2.47. The van der Waals surface area contributed by atoms with Crippen LogP contribution in [0.25, 0.3) is 0 Å². The Morgan fingerprint density at radius 1 is 1.06 bits per heavy atom. The van der Waals surface area contributed by atoms with Crippen molar-refractivity contribution < 1.29 is 13.6 Å². The average Bonchev–Trinajstić information content (AvgIpc) is 2.35. The summed E-state index contributed by atoms with van der Waals surface area (Å²) in [4.78, 5) is 12.2. The highest BCUT2D eigenvalue weighted by atomic mass is 79.9. The van der Waals surface area contributed by atoms with E-state index < -0.39 is 11.6 Å². The molecule has 2 aromatic rings. The van der Waals surface area contributed by atoms with Gasteiger partial charge in [-0.1, -0.05) is 22.0 Å². The van der Waals surface area contributed by atoms with Crippen LogP contribution in [0.3, 0.4) is 0 Å². The van der Waals surface area contributed by atoms with Crippen LogP contribution in [0.4, 0.5) is 8.78 Å². The van der Waals surface area contributed by atoms with E-state index in [9.17, 15) is 13.6 Å². The van der Waals surface area contributed by atoms with E-state index in [-0.39, 0.29) is 11.3 Å². The number of aryl methyl sites for hydroxylation is 1. The maximum atomic E-state index is 13.1. The number of hydrogen-bond acceptors (Lipinski definition) is 1. The van der Waals surface area contributed by atoms with Gasteiger partial charge in [-0.05, 0) is 42.8 Å². The number of rotatable bonds is 2. The molecule has 0 saturated carbocycles. The van der Waals surface area contributed by atoms with Crippen molar-refractivity contribution in [2.45, 2.75) is 6.92 Å². The van der Waals surface area contributed by atoms with Crippen molar-refractivity contribution >= 4 is 21.7 Å². The van der Waals surface area contributed by atoms with Gasteiger partial charge in [0.15, 0.2) is 17.4 Å². The lowest BCUT2D eigenvalue weighted by Crippen LogP contribution is -2.04. The van der Waals surface area contributed by atoms with Crippen molar-refractivity contribution in [2.24, 2.45) is 0 Å². The van der Waals surface area contributed by atoms with Crippen molar-refractivity contribution in [3.05, 3.63) is 69.2 Å². The third-order valence-electron chi connectivity index (χ3n) is 2.63. The summed E-state index contributed by atoms with van der Waals surface area (Å²) in [6.45, 7) is 1.79. The summed E-state index contributed by atoms with van der Waals surface area (Å²) in [5.41, 5.74) is 1.39. The summed E-state index contributed by atoms with van der Waals surface area (Å²) in [5, 5.41) is 0. The van der Waals surface area contributed by atoms with E-state index in [1.807, 2.05) is 6.07 Å². The quantitative estimate of drug-likeness (QED) is 0.757. The summed E-state index contributed by atoms with van der Waals surface area (Å²) in [6.07, 6.45) is 0.